The molecule has 0 aliphatic rings. The first-order chi connectivity index (χ1) is 5.84. The molecule has 1 aromatic heterocycles. The van der Waals surface area contributed by atoms with Gasteiger partial charge in [0, 0.05) is 17.5 Å². The Bertz CT molecular complexity index is 276. The number of nitrogens with zero attached hydrogens (tertiary/aromatic N) is 1. The molecular formula is C8H9ClN2S. The van der Waals surface area contributed by atoms with Crippen molar-refractivity contribution in [2.45, 2.75) is 5.03 Å². The smallest absolute Gasteiger partial charge is 0.119 e. The van der Waals surface area contributed by atoms with E-state index in [1.807, 2.05) is 18.2 Å². The minimum Gasteiger partial charge on any atom is -0.397 e. The predicted octanol–water partition coefficient (Wildman–Crippen LogP) is 2.51. The van der Waals surface area contributed by atoms with Crippen LogP contribution in [0.15, 0.2) is 35.0 Å². The molecule has 0 bridgehead atoms. The zero-order valence-corrected chi connectivity index (χ0v) is 7.98. The van der Waals surface area contributed by atoms with Crippen molar-refractivity contribution in [3.05, 3.63) is 29.9 Å². The van der Waals surface area contributed by atoms with Gasteiger partial charge >= 0.3 is 0 Å². The van der Waals surface area contributed by atoms with Crippen LogP contribution in [0.2, 0.25) is 0 Å². The van der Waals surface area contributed by atoms with Gasteiger partial charge in [0.2, 0.25) is 0 Å². The van der Waals surface area contributed by atoms with Gasteiger partial charge in [-0.1, -0.05) is 17.7 Å². The third kappa shape index (κ3) is 2.75. The van der Waals surface area contributed by atoms with Crippen LogP contribution >= 0.6 is 23.4 Å². The highest BCUT2D eigenvalue weighted by atomic mass is 35.5. The van der Waals surface area contributed by atoms with Crippen LogP contribution in [0, 0.1) is 0 Å². The lowest BCUT2D eigenvalue weighted by molar-refractivity contribution is 1.14. The molecule has 0 fully saturated rings. The third-order valence-electron chi connectivity index (χ3n) is 1.21. The molecule has 0 amide bonds. The summed E-state index contributed by atoms with van der Waals surface area (Å²) in [6.45, 7) is 0. The monoisotopic (exact) mass is 200 g/mol. The summed E-state index contributed by atoms with van der Waals surface area (Å²) >= 11 is 6.93. The quantitative estimate of drug-likeness (QED) is 0.763. The van der Waals surface area contributed by atoms with Gasteiger partial charge in [0.05, 0.1) is 5.69 Å². The Kier molecular flexibility index (Phi) is 3.97. The Balaban J connectivity index is 2.57. The van der Waals surface area contributed by atoms with E-state index >= 15 is 0 Å². The van der Waals surface area contributed by atoms with Crippen LogP contribution in [0.5, 0.6) is 0 Å². The first kappa shape index (κ1) is 9.42. The molecule has 0 unspecified atom stereocenters. The van der Waals surface area contributed by atoms with Gasteiger partial charge in [-0.3, -0.25) is 0 Å². The summed E-state index contributed by atoms with van der Waals surface area (Å²) in [6.07, 6.45) is 3.57. The maximum atomic E-state index is 5.66. The zero-order valence-electron chi connectivity index (χ0n) is 6.40. The molecule has 0 aliphatic heterocycles. The lowest BCUT2D eigenvalue weighted by Crippen LogP contribution is -1.90. The number of pyridine rings is 1. The van der Waals surface area contributed by atoms with Gasteiger partial charge in [0.25, 0.3) is 0 Å². The first-order valence-electron chi connectivity index (χ1n) is 3.43. The van der Waals surface area contributed by atoms with E-state index in [2.05, 4.69) is 4.98 Å². The molecule has 1 rings (SSSR count). The molecule has 0 saturated carbocycles. The number of hydrogen-bond acceptors (Lipinski definition) is 3. The van der Waals surface area contributed by atoms with E-state index in [4.69, 9.17) is 17.3 Å². The number of aromatic nitrogens is 1. The van der Waals surface area contributed by atoms with Gasteiger partial charge in [-0.2, -0.15) is 0 Å². The van der Waals surface area contributed by atoms with E-state index in [-0.39, 0.29) is 0 Å². The van der Waals surface area contributed by atoms with Crippen molar-refractivity contribution in [1.82, 2.24) is 4.98 Å². The molecule has 0 saturated heterocycles. The largest absolute Gasteiger partial charge is 0.397 e. The van der Waals surface area contributed by atoms with Gasteiger partial charge in [-0.15, -0.1) is 11.8 Å². The van der Waals surface area contributed by atoms with Crippen molar-refractivity contribution in [3.63, 3.8) is 0 Å². The summed E-state index contributed by atoms with van der Waals surface area (Å²) in [5.41, 5.74) is 7.87. The second-order valence-corrected chi connectivity index (χ2v) is 3.33. The van der Waals surface area contributed by atoms with Crippen molar-refractivity contribution < 1.29 is 0 Å². The van der Waals surface area contributed by atoms with E-state index in [1.165, 1.54) is 5.54 Å². The average molecular weight is 201 g/mol. The Morgan fingerprint density at radius 3 is 3.17 bits per heavy atom. The Morgan fingerprint density at radius 1 is 1.67 bits per heavy atom. The summed E-state index contributed by atoms with van der Waals surface area (Å²) in [6, 6.07) is 3.65. The topological polar surface area (TPSA) is 38.9 Å². The van der Waals surface area contributed by atoms with E-state index in [1.54, 1.807) is 18.0 Å². The predicted molar refractivity (Wildman–Crippen MR) is 54.4 cm³/mol. The minimum atomic E-state index is 0.713. The second kappa shape index (κ2) is 5.06. The van der Waals surface area contributed by atoms with Crippen molar-refractivity contribution in [2.75, 3.05) is 11.5 Å². The molecule has 12 heavy (non-hydrogen) atoms. The molecule has 2 nitrogen and oxygen atoms in total. The standard InChI is InChI=1S/C8H9ClN2S/c9-4-2-6-12-8-7(10)3-1-5-11-8/h1-5H,6,10H2/b4-2+. The third-order valence-corrected chi connectivity index (χ3v) is 2.36. The summed E-state index contributed by atoms with van der Waals surface area (Å²) in [5.74, 6) is 0.796. The molecular weight excluding hydrogens is 192 g/mol. The molecule has 0 radical (unpaired) electrons. The van der Waals surface area contributed by atoms with Crippen LogP contribution in [-0.4, -0.2) is 10.7 Å². The Morgan fingerprint density at radius 2 is 2.50 bits per heavy atom. The van der Waals surface area contributed by atoms with E-state index in [0.717, 1.165) is 10.8 Å². The fourth-order valence-electron chi connectivity index (χ4n) is 0.687. The number of rotatable bonds is 3. The van der Waals surface area contributed by atoms with Gasteiger partial charge < -0.3 is 5.73 Å². The van der Waals surface area contributed by atoms with E-state index in [9.17, 15) is 0 Å². The van der Waals surface area contributed by atoms with Crippen molar-refractivity contribution >= 4 is 29.1 Å². The van der Waals surface area contributed by atoms with E-state index in [0.29, 0.717) is 5.69 Å². The van der Waals surface area contributed by atoms with Gasteiger partial charge in [-0.05, 0) is 12.1 Å². The Labute approximate surface area is 80.8 Å². The van der Waals surface area contributed by atoms with Crippen LogP contribution in [0.3, 0.4) is 0 Å². The molecule has 0 atom stereocenters. The maximum Gasteiger partial charge on any atom is 0.119 e. The molecule has 0 aliphatic carbocycles. The van der Waals surface area contributed by atoms with Crippen molar-refractivity contribution in [3.8, 4) is 0 Å². The Hall–Kier alpha value is -0.670. The molecule has 2 N–H and O–H groups in total. The molecule has 0 spiro atoms. The normalized spacial score (nSPS) is 10.8. The highest BCUT2D eigenvalue weighted by molar-refractivity contribution is 7.99. The number of hydrogen-bond donors (Lipinski definition) is 1. The minimum absolute atomic E-state index is 0.713. The highest BCUT2D eigenvalue weighted by Gasteiger charge is 1.96. The van der Waals surface area contributed by atoms with Crippen LogP contribution in [0.4, 0.5) is 5.69 Å². The van der Waals surface area contributed by atoms with Crippen LogP contribution < -0.4 is 5.73 Å². The zero-order chi connectivity index (χ0) is 8.81. The summed E-state index contributed by atoms with van der Waals surface area (Å²) in [5, 5.41) is 0.854. The first-order valence-corrected chi connectivity index (χ1v) is 4.85. The van der Waals surface area contributed by atoms with Gasteiger partial charge in [-0.25, -0.2) is 4.98 Å². The fourth-order valence-corrected chi connectivity index (χ4v) is 1.60. The molecule has 4 heteroatoms. The molecule has 1 heterocycles. The van der Waals surface area contributed by atoms with Crippen LogP contribution in [0.25, 0.3) is 0 Å². The molecule has 1 aromatic rings. The SMILES string of the molecule is Nc1cccnc1SC/C=C/Cl. The fraction of sp³-hybridized carbons (Fsp3) is 0.125. The summed E-state index contributed by atoms with van der Waals surface area (Å²) < 4.78 is 0. The highest BCUT2D eigenvalue weighted by Crippen LogP contribution is 2.21. The van der Waals surface area contributed by atoms with Gasteiger partial charge in [0.1, 0.15) is 5.03 Å². The van der Waals surface area contributed by atoms with Crippen LogP contribution in [0.1, 0.15) is 0 Å². The summed E-state index contributed by atoms with van der Waals surface area (Å²) in [4.78, 5) is 4.11. The molecule has 0 aromatic carbocycles. The average Bonchev–Trinajstić information content (AvgIpc) is 2.09. The van der Waals surface area contributed by atoms with Crippen molar-refractivity contribution in [2.24, 2.45) is 0 Å². The van der Waals surface area contributed by atoms with Crippen LogP contribution in [-0.2, 0) is 0 Å². The lowest BCUT2D eigenvalue weighted by atomic mass is 10.4. The lowest BCUT2D eigenvalue weighted by Gasteiger charge is -1.99. The number of anilines is 1. The second-order valence-electron chi connectivity index (χ2n) is 2.07. The number of halogens is 1. The number of nitrogen functional groups attached to an aromatic ring is 1. The van der Waals surface area contributed by atoms with Crippen molar-refractivity contribution in [1.29, 1.82) is 0 Å². The van der Waals surface area contributed by atoms with Gasteiger partial charge in [0.15, 0.2) is 0 Å². The van der Waals surface area contributed by atoms with E-state index < -0.39 is 0 Å². The molecule has 64 valence electrons. The summed E-state index contributed by atoms with van der Waals surface area (Å²) in [7, 11) is 0. The maximum absolute atomic E-state index is 5.66. The number of nitrogens with two attached hydrogens (primary N) is 1. The number of thioether (sulfide) groups is 1.